The second-order valence-electron chi connectivity index (χ2n) is 4.42. The van der Waals surface area contributed by atoms with Crippen molar-refractivity contribution in [2.75, 3.05) is 0 Å². The van der Waals surface area contributed by atoms with E-state index in [2.05, 4.69) is 0 Å². The Hall–Kier alpha value is -1.69. The van der Waals surface area contributed by atoms with Crippen LogP contribution in [0.5, 0.6) is 0 Å². The van der Waals surface area contributed by atoms with Crippen LogP contribution in [-0.2, 0) is 18.0 Å². The molecule has 120 valence electrons. The molecule has 7 heteroatoms. The number of rotatable bonds is 6. The van der Waals surface area contributed by atoms with E-state index in [0.717, 1.165) is 0 Å². The van der Waals surface area contributed by atoms with Crippen molar-refractivity contribution in [3.8, 4) is 0 Å². The molecule has 2 aromatic rings. The van der Waals surface area contributed by atoms with Gasteiger partial charge in [-0.1, -0.05) is 60.7 Å². The third-order valence-corrected chi connectivity index (χ3v) is 4.16. The van der Waals surface area contributed by atoms with E-state index in [1.165, 1.54) is 0 Å². The van der Waals surface area contributed by atoms with Crippen LogP contribution in [-0.4, -0.2) is 11.9 Å². The van der Waals surface area contributed by atoms with Crippen molar-refractivity contribution in [3.63, 3.8) is 0 Å². The average Bonchev–Trinajstić information content (AvgIpc) is 2.61. The summed E-state index contributed by atoms with van der Waals surface area (Å²) in [5, 5.41) is -1.97. The first-order valence-corrected chi connectivity index (χ1v) is 8.10. The van der Waals surface area contributed by atoms with Crippen molar-refractivity contribution in [2.45, 2.75) is 10.8 Å². The number of halogens is 2. The van der Waals surface area contributed by atoms with Crippen molar-refractivity contribution in [3.05, 3.63) is 71.8 Å². The predicted octanol–water partition coefficient (Wildman–Crippen LogP) is 4.60. The summed E-state index contributed by atoms with van der Waals surface area (Å²) in [5.74, 6) is -1.47. The molecule has 0 aromatic heterocycles. The van der Waals surface area contributed by atoms with Crippen LogP contribution < -0.4 is 0 Å². The van der Waals surface area contributed by atoms with E-state index in [0.29, 0.717) is 11.1 Å². The highest BCUT2D eigenvalue weighted by molar-refractivity contribution is 7.90. The Morgan fingerprint density at radius 2 is 1.09 bits per heavy atom. The largest absolute Gasteiger partial charge is 0.353 e. The minimum absolute atomic E-state index is 0.247. The molecule has 0 fully saturated rings. The van der Waals surface area contributed by atoms with Gasteiger partial charge in [0.25, 0.3) is 12.3 Å². The van der Waals surface area contributed by atoms with Gasteiger partial charge in [0.15, 0.2) is 10.8 Å². The molecule has 0 aliphatic rings. The molecule has 0 radical (unpaired) electrons. The van der Waals surface area contributed by atoms with Crippen LogP contribution in [0.1, 0.15) is 21.9 Å². The fourth-order valence-corrected chi connectivity index (χ4v) is 2.53. The predicted molar refractivity (Wildman–Crippen MR) is 89.8 cm³/mol. The normalized spacial score (nSPS) is 13.0. The molecule has 0 bridgehead atoms. The van der Waals surface area contributed by atoms with Gasteiger partial charge in [0.2, 0.25) is 0 Å². The van der Waals surface area contributed by atoms with Crippen molar-refractivity contribution >= 4 is 47.5 Å². The van der Waals surface area contributed by atoms with Gasteiger partial charge in [0.1, 0.15) is 0 Å². The van der Waals surface area contributed by atoms with E-state index in [4.69, 9.17) is 31.6 Å². The minimum Gasteiger partial charge on any atom is -0.353 e. The summed E-state index contributed by atoms with van der Waals surface area (Å²) in [4.78, 5) is 23.5. The van der Waals surface area contributed by atoms with E-state index >= 15 is 0 Å². The number of carbonyl (C=O) groups is 2. The van der Waals surface area contributed by atoms with Gasteiger partial charge >= 0.3 is 11.9 Å². The number of benzene rings is 2. The average molecular weight is 371 g/mol. The minimum atomic E-state index is -0.983. The molecular formula is C16H12Cl2O4S. The first-order valence-electron chi connectivity index (χ1n) is 6.56. The molecule has 4 nitrogen and oxygen atoms in total. The molecule has 0 N–H and O–H groups in total. The third kappa shape index (κ3) is 5.16. The van der Waals surface area contributed by atoms with E-state index in [1.807, 2.05) is 0 Å². The monoisotopic (exact) mass is 370 g/mol. The van der Waals surface area contributed by atoms with Gasteiger partial charge < -0.3 is 8.37 Å². The molecule has 2 aromatic carbocycles. The van der Waals surface area contributed by atoms with Crippen LogP contribution in [0, 0.1) is 0 Å². The molecule has 0 heterocycles. The Morgan fingerprint density at radius 3 is 1.43 bits per heavy atom. The third-order valence-electron chi connectivity index (χ3n) is 2.83. The molecular weight excluding hydrogens is 359 g/mol. The lowest BCUT2D eigenvalue weighted by molar-refractivity contribution is -0.135. The van der Waals surface area contributed by atoms with Crippen LogP contribution in [0.3, 0.4) is 0 Å². The van der Waals surface area contributed by atoms with E-state index < -0.39 is 22.7 Å². The van der Waals surface area contributed by atoms with Crippen LogP contribution in [0.15, 0.2) is 60.7 Å². The molecule has 0 amide bonds. The standard InChI is InChI=1S/C16H12Cl2O4S/c17-13(11-7-3-1-4-8-11)15(19)21-23-22-16(20)14(18)12-9-5-2-6-10-12/h1-10,13-14H/t13-,14-/m1/s1. The summed E-state index contributed by atoms with van der Waals surface area (Å²) in [5.41, 5.74) is 1.18. The number of carbonyl (C=O) groups excluding carboxylic acids is 2. The summed E-state index contributed by atoms with van der Waals surface area (Å²) in [6.07, 6.45) is 0. The second-order valence-corrected chi connectivity index (χ2v) is 5.76. The van der Waals surface area contributed by atoms with E-state index in [-0.39, 0.29) is 12.3 Å². The van der Waals surface area contributed by atoms with Gasteiger partial charge in [-0.05, 0) is 11.1 Å². The summed E-state index contributed by atoms with van der Waals surface area (Å²) in [6, 6.07) is 17.4. The summed E-state index contributed by atoms with van der Waals surface area (Å²) in [6.45, 7) is 0. The second kappa shape index (κ2) is 8.82. The fraction of sp³-hybridized carbons (Fsp3) is 0.125. The first kappa shape index (κ1) is 17.7. The van der Waals surface area contributed by atoms with Crippen molar-refractivity contribution in [1.82, 2.24) is 0 Å². The lowest BCUT2D eigenvalue weighted by Crippen LogP contribution is -2.11. The molecule has 2 atom stereocenters. The quantitative estimate of drug-likeness (QED) is 0.549. The topological polar surface area (TPSA) is 52.6 Å². The molecule has 0 aliphatic carbocycles. The van der Waals surface area contributed by atoms with Crippen molar-refractivity contribution in [1.29, 1.82) is 0 Å². The number of hydrogen-bond acceptors (Lipinski definition) is 5. The zero-order chi connectivity index (χ0) is 16.7. The Balaban J connectivity index is 1.80. The molecule has 0 saturated heterocycles. The molecule has 0 unspecified atom stereocenters. The van der Waals surface area contributed by atoms with Crippen LogP contribution in [0.2, 0.25) is 0 Å². The summed E-state index contributed by atoms with van der Waals surface area (Å²) >= 11 is 12.2. The lowest BCUT2D eigenvalue weighted by Gasteiger charge is -2.10. The molecule has 0 aliphatic heterocycles. The van der Waals surface area contributed by atoms with Crippen LogP contribution >= 0.6 is 35.5 Å². The van der Waals surface area contributed by atoms with Gasteiger partial charge in [-0.15, -0.1) is 23.2 Å². The van der Waals surface area contributed by atoms with E-state index in [1.54, 1.807) is 60.7 Å². The first-order chi connectivity index (χ1) is 11.1. The van der Waals surface area contributed by atoms with Gasteiger partial charge in [-0.3, -0.25) is 0 Å². The maximum atomic E-state index is 11.8. The molecule has 2 rings (SSSR count). The van der Waals surface area contributed by atoms with Gasteiger partial charge in [0.05, 0.1) is 0 Å². The summed E-state index contributed by atoms with van der Waals surface area (Å²) in [7, 11) is 0. The van der Waals surface area contributed by atoms with Crippen LogP contribution in [0.4, 0.5) is 0 Å². The van der Waals surface area contributed by atoms with Gasteiger partial charge in [-0.25, -0.2) is 9.59 Å². The highest BCUT2D eigenvalue weighted by Crippen LogP contribution is 2.27. The maximum Gasteiger partial charge on any atom is 0.343 e. The van der Waals surface area contributed by atoms with E-state index in [9.17, 15) is 9.59 Å². The highest BCUT2D eigenvalue weighted by Gasteiger charge is 2.23. The Kier molecular flexibility index (Phi) is 6.77. The molecule has 23 heavy (non-hydrogen) atoms. The SMILES string of the molecule is O=C(OSOC(=O)[C@H](Cl)c1ccccc1)[C@H](Cl)c1ccccc1. The number of hydrogen-bond donors (Lipinski definition) is 0. The zero-order valence-electron chi connectivity index (χ0n) is 11.7. The smallest absolute Gasteiger partial charge is 0.343 e. The van der Waals surface area contributed by atoms with Gasteiger partial charge in [-0.2, -0.15) is 0 Å². The maximum absolute atomic E-state index is 11.8. The zero-order valence-corrected chi connectivity index (χ0v) is 14.1. The number of alkyl halides is 2. The van der Waals surface area contributed by atoms with Crippen molar-refractivity contribution in [2.24, 2.45) is 0 Å². The van der Waals surface area contributed by atoms with Gasteiger partial charge in [0, 0.05) is 0 Å². The Morgan fingerprint density at radius 1 is 0.739 bits per heavy atom. The summed E-state index contributed by atoms with van der Waals surface area (Å²) < 4.78 is 9.52. The Labute approximate surface area is 148 Å². The van der Waals surface area contributed by atoms with Crippen molar-refractivity contribution < 1.29 is 18.0 Å². The highest BCUT2D eigenvalue weighted by atomic mass is 35.5. The molecule has 0 spiro atoms. The molecule has 0 saturated carbocycles. The van der Waals surface area contributed by atoms with Crippen LogP contribution in [0.25, 0.3) is 0 Å². The lowest BCUT2D eigenvalue weighted by atomic mass is 10.1. The Bertz CT molecular complexity index is 594. The fourth-order valence-electron chi connectivity index (χ4n) is 1.68.